The van der Waals surface area contributed by atoms with Crippen molar-refractivity contribution in [2.24, 2.45) is 0 Å². The number of para-hydroxylation sites is 1. The van der Waals surface area contributed by atoms with Crippen LogP contribution >= 0.6 is 0 Å². The fourth-order valence-corrected chi connectivity index (χ4v) is 1.89. The molecular weight excluding hydrogens is 224 g/mol. The van der Waals surface area contributed by atoms with Crippen LogP contribution in [-0.2, 0) is 4.79 Å². The van der Waals surface area contributed by atoms with Gasteiger partial charge in [0.25, 0.3) is 0 Å². The number of benzene rings is 1. The van der Waals surface area contributed by atoms with Crippen LogP contribution in [0, 0.1) is 0 Å². The highest BCUT2D eigenvalue weighted by Crippen LogP contribution is 2.11. The standard InChI is InChI=1S/C16H23O2/c17-14-10-5-3-1-2-4-6-11-15-18-16-12-8-7-9-13-16/h7-9,12-13H,1-6,10-11,15H2. The third kappa shape index (κ3) is 7.88. The number of ether oxygens (including phenoxy) is 1. The zero-order valence-corrected chi connectivity index (χ0v) is 11.1. The molecule has 1 aromatic rings. The molecule has 0 atom stereocenters. The molecule has 18 heavy (non-hydrogen) atoms. The summed E-state index contributed by atoms with van der Waals surface area (Å²) in [6.45, 7) is 0.810. The van der Waals surface area contributed by atoms with E-state index in [2.05, 4.69) is 0 Å². The van der Waals surface area contributed by atoms with Gasteiger partial charge in [-0.3, -0.25) is 4.79 Å². The average Bonchev–Trinajstić information content (AvgIpc) is 2.42. The van der Waals surface area contributed by atoms with Crippen molar-refractivity contribution in [1.29, 1.82) is 0 Å². The Morgan fingerprint density at radius 3 is 2.11 bits per heavy atom. The number of hydrogen-bond donors (Lipinski definition) is 0. The minimum Gasteiger partial charge on any atom is -0.494 e. The molecular formula is C16H23O2. The molecule has 0 saturated heterocycles. The average molecular weight is 247 g/mol. The lowest BCUT2D eigenvalue weighted by atomic mass is 10.1. The molecule has 0 aliphatic rings. The Hall–Kier alpha value is -1.31. The van der Waals surface area contributed by atoms with Gasteiger partial charge in [-0.1, -0.05) is 50.3 Å². The van der Waals surface area contributed by atoms with Gasteiger partial charge in [0, 0.05) is 6.42 Å². The quantitative estimate of drug-likeness (QED) is 0.545. The number of carbonyl (C=O) groups excluding carboxylic acids is 1. The summed E-state index contributed by atoms with van der Waals surface area (Å²) in [7, 11) is 0. The predicted octanol–water partition coefficient (Wildman–Crippen LogP) is 4.30. The summed E-state index contributed by atoms with van der Waals surface area (Å²) in [5, 5.41) is 0. The first-order valence-electron chi connectivity index (χ1n) is 6.96. The maximum atomic E-state index is 9.99. The van der Waals surface area contributed by atoms with E-state index in [0.717, 1.165) is 31.6 Å². The Kier molecular flexibility index (Phi) is 8.87. The van der Waals surface area contributed by atoms with Gasteiger partial charge in [-0.05, 0) is 25.0 Å². The Bertz CT molecular complexity index is 295. The van der Waals surface area contributed by atoms with Gasteiger partial charge >= 0.3 is 0 Å². The second-order valence-electron chi connectivity index (χ2n) is 4.53. The van der Waals surface area contributed by atoms with Gasteiger partial charge in [0.2, 0.25) is 0 Å². The Balaban J connectivity index is 1.83. The lowest BCUT2D eigenvalue weighted by molar-refractivity contribution is 0.304. The van der Waals surface area contributed by atoms with Gasteiger partial charge in [0.15, 0.2) is 6.29 Å². The second-order valence-corrected chi connectivity index (χ2v) is 4.53. The molecule has 1 rings (SSSR count). The van der Waals surface area contributed by atoms with Crippen LogP contribution in [-0.4, -0.2) is 12.9 Å². The molecule has 0 aliphatic carbocycles. The highest BCUT2D eigenvalue weighted by Gasteiger charge is 1.94. The summed E-state index contributed by atoms with van der Waals surface area (Å²) in [6, 6.07) is 9.96. The van der Waals surface area contributed by atoms with Crippen LogP contribution in [0.4, 0.5) is 0 Å². The summed E-state index contributed by atoms with van der Waals surface area (Å²) in [5.41, 5.74) is 0. The minimum absolute atomic E-state index is 0.602. The predicted molar refractivity (Wildman–Crippen MR) is 74.6 cm³/mol. The molecule has 0 heterocycles. The third-order valence-corrected chi connectivity index (χ3v) is 2.94. The van der Waals surface area contributed by atoms with Crippen molar-refractivity contribution in [2.75, 3.05) is 6.61 Å². The van der Waals surface area contributed by atoms with Crippen molar-refractivity contribution < 1.29 is 9.53 Å². The van der Waals surface area contributed by atoms with E-state index >= 15 is 0 Å². The van der Waals surface area contributed by atoms with Crippen LogP contribution < -0.4 is 4.74 Å². The smallest absolute Gasteiger partial charge is 0.198 e. The molecule has 0 fully saturated rings. The van der Waals surface area contributed by atoms with Crippen molar-refractivity contribution in [3.05, 3.63) is 30.3 Å². The maximum absolute atomic E-state index is 9.99. The summed E-state index contributed by atoms with van der Waals surface area (Å²) in [6.07, 6.45) is 10.8. The first kappa shape index (κ1) is 14.7. The van der Waals surface area contributed by atoms with E-state index in [0.29, 0.717) is 6.42 Å². The van der Waals surface area contributed by atoms with Crippen molar-refractivity contribution in [3.63, 3.8) is 0 Å². The van der Waals surface area contributed by atoms with Crippen LogP contribution in [0.25, 0.3) is 0 Å². The summed E-state index contributed by atoms with van der Waals surface area (Å²) >= 11 is 0. The van der Waals surface area contributed by atoms with Crippen LogP contribution in [0.1, 0.15) is 51.4 Å². The van der Waals surface area contributed by atoms with E-state index in [1.54, 1.807) is 0 Å². The molecule has 1 radical (unpaired) electrons. The highest BCUT2D eigenvalue weighted by atomic mass is 16.5. The van der Waals surface area contributed by atoms with Gasteiger partial charge < -0.3 is 4.74 Å². The van der Waals surface area contributed by atoms with Crippen molar-refractivity contribution in [2.45, 2.75) is 51.4 Å². The zero-order valence-electron chi connectivity index (χ0n) is 11.1. The molecule has 0 spiro atoms. The molecule has 2 heteroatoms. The van der Waals surface area contributed by atoms with Crippen LogP contribution in [0.5, 0.6) is 5.75 Å². The molecule has 99 valence electrons. The molecule has 0 aliphatic heterocycles. The largest absolute Gasteiger partial charge is 0.494 e. The highest BCUT2D eigenvalue weighted by molar-refractivity contribution is 5.50. The van der Waals surface area contributed by atoms with E-state index in [9.17, 15) is 4.79 Å². The van der Waals surface area contributed by atoms with Gasteiger partial charge in [-0.15, -0.1) is 0 Å². The van der Waals surface area contributed by atoms with Crippen LogP contribution in [0.2, 0.25) is 0 Å². The van der Waals surface area contributed by atoms with Crippen molar-refractivity contribution >= 4 is 6.29 Å². The van der Waals surface area contributed by atoms with Gasteiger partial charge in [0.05, 0.1) is 6.61 Å². The normalized spacial score (nSPS) is 10.2. The van der Waals surface area contributed by atoms with E-state index < -0.39 is 0 Å². The van der Waals surface area contributed by atoms with Gasteiger partial charge in [0.1, 0.15) is 5.75 Å². The SMILES string of the molecule is O=[C]CCCCCCCCCOc1ccccc1. The third-order valence-electron chi connectivity index (χ3n) is 2.94. The molecule has 2 nitrogen and oxygen atoms in total. The number of unbranched alkanes of at least 4 members (excludes halogenated alkanes) is 7. The number of hydrogen-bond acceptors (Lipinski definition) is 2. The zero-order chi connectivity index (χ0) is 12.9. The topological polar surface area (TPSA) is 26.3 Å². The number of rotatable bonds is 11. The summed E-state index contributed by atoms with van der Waals surface area (Å²) in [4.78, 5) is 9.99. The molecule has 1 aromatic carbocycles. The minimum atomic E-state index is 0.602. The second kappa shape index (κ2) is 10.8. The molecule has 0 saturated carbocycles. The molecule has 0 amide bonds. The maximum Gasteiger partial charge on any atom is 0.198 e. The molecule has 0 bridgehead atoms. The van der Waals surface area contributed by atoms with E-state index in [-0.39, 0.29) is 0 Å². The first-order chi connectivity index (χ1) is 8.93. The summed E-state index contributed by atoms with van der Waals surface area (Å²) < 4.78 is 5.62. The lowest BCUT2D eigenvalue weighted by Crippen LogP contribution is -1.96. The molecule has 0 N–H and O–H groups in total. The first-order valence-corrected chi connectivity index (χ1v) is 6.96. The van der Waals surface area contributed by atoms with E-state index in [4.69, 9.17) is 4.74 Å². The van der Waals surface area contributed by atoms with E-state index in [1.807, 2.05) is 36.6 Å². The van der Waals surface area contributed by atoms with Crippen molar-refractivity contribution in [1.82, 2.24) is 0 Å². The lowest BCUT2D eigenvalue weighted by Gasteiger charge is -2.05. The molecule has 0 unspecified atom stereocenters. The summed E-state index contributed by atoms with van der Waals surface area (Å²) in [5.74, 6) is 0.961. The van der Waals surface area contributed by atoms with Crippen molar-refractivity contribution in [3.8, 4) is 5.75 Å². The molecule has 0 aromatic heterocycles. The Labute approximate surface area is 110 Å². The van der Waals surface area contributed by atoms with E-state index in [1.165, 1.54) is 25.7 Å². The Morgan fingerprint density at radius 2 is 1.44 bits per heavy atom. The fourth-order valence-electron chi connectivity index (χ4n) is 1.89. The van der Waals surface area contributed by atoms with Crippen LogP contribution in [0.15, 0.2) is 30.3 Å². The fraction of sp³-hybridized carbons (Fsp3) is 0.562. The Morgan fingerprint density at radius 1 is 0.833 bits per heavy atom. The van der Waals surface area contributed by atoms with Crippen LogP contribution in [0.3, 0.4) is 0 Å². The monoisotopic (exact) mass is 247 g/mol. The van der Waals surface area contributed by atoms with Gasteiger partial charge in [-0.2, -0.15) is 0 Å². The van der Waals surface area contributed by atoms with Gasteiger partial charge in [-0.25, -0.2) is 0 Å².